The maximum atomic E-state index is 11.4. The predicted molar refractivity (Wildman–Crippen MR) is 74.0 cm³/mol. The van der Waals surface area contributed by atoms with Gasteiger partial charge in [0.15, 0.2) is 0 Å². The van der Waals surface area contributed by atoms with E-state index in [1.807, 2.05) is 19.0 Å². The lowest BCUT2D eigenvalue weighted by Crippen LogP contribution is -2.35. The third kappa shape index (κ3) is 9.83. The molecule has 0 fully saturated rings. The first kappa shape index (κ1) is 20.0. The number of imide groups is 1. The van der Waals surface area contributed by atoms with Gasteiger partial charge in [-0.05, 0) is 14.1 Å². The van der Waals surface area contributed by atoms with Crippen molar-refractivity contribution in [2.75, 3.05) is 34.0 Å². The Morgan fingerprint density at radius 2 is 1.41 bits per heavy atom. The third-order valence-corrected chi connectivity index (χ3v) is 2.14. The van der Waals surface area contributed by atoms with Crippen LogP contribution in [0, 0.1) is 0 Å². The van der Waals surface area contributed by atoms with Crippen molar-refractivity contribution >= 4 is 23.8 Å². The minimum atomic E-state index is -0.869. The largest absolute Gasteiger partial charge is 0.463 e. The molecule has 22 heavy (non-hydrogen) atoms. The van der Waals surface area contributed by atoms with Crippen LogP contribution in [0.3, 0.4) is 0 Å². The summed E-state index contributed by atoms with van der Waals surface area (Å²) in [6, 6.07) is 0. The SMILES string of the molecule is CC(=O)N(OC(=O)CCC(=O)OCCOCN(C)C)C(C)=O. The minimum Gasteiger partial charge on any atom is -0.463 e. The van der Waals surface area contributed by atoms with Crippen LogP contribution in [0.2, 0.25) is 0 Å². The molecular weight excluding hydrogens is 296 g/mol. The van der Waals surface area contributed by atoms with Crippen molar-refractivity contribution in [1.29, 1.82) is 0 Å². The molecule has 2 amide bonds. The number of carbonyl (C=O) groups is 4. The molecule has 0 atom stereocenters. The van der Waals surface area contributed by atoms with E-state index in [1.165, 1.54) is 0 Å². The summed E-state index contributed by atoms with van der Waals surface area (Å²) in [5.41, 5.74) is 0. The monoisotopic (exact) mass is 318 g/mol. The van der Waals surface area contributed by atoms with E-state index in [4.69, 9.17) is 9.47 Å². The van der Waals surface area contributed by atoms with E-state index >= 15 is 0 Å². The summed E-state index contributed by atoms with van der Waals surface area (Å²) in [5, 5.41) is 0.336. The molecule has 0 N–H and O–H groups in total. The van der Waals surface area contributed by atoms with Gasteiger partial charge < -0.3 is 14.3 Å². The molecular formula is C13H22N2O7. The van der Waals surface area contributed by atoms with Crippen molar-refractivity contribution in [2.45, 2.75) is 26.7 Å². The van der Waals surface area contributed by atoms with Crippen molar-refractivity contribution in [1.82, 2.24) is 9.96 Å². The Morgan fingerprint density at radius 3 is 1.91 bits per heavy atom. The molecule has 0 aromatic heterocycles. The van der Waals surface area contributed by atoms with Gasteiger partial charge in [-0.15, -0.1) is 5.06 Å². The van der Waals surface area contributed by atoms with Crippen LogP contribution in [-0.2, 0) is 33.5 Å². The smallest absolute Gasteiger partial charge is 0.333 e. The summed E-state index contributed by atoms with van der Waals surface area (Å²) in [6.45, 7) is 2.90. The molecule has 0 saturated heterocycles. The second-order valence-corrected chi connectivity index (χ2v) is 4.63. The first-order chi connectivity index (χ1) is 10.2. The Balaban J connectivity index is 3.87. The molecule has 0 aliphatic carbocycles. The van der Waals surface area contributed by atoms with Crippen LogP contribution in [0.25, 0.3) is 0 Å². The van der Waals surface area contributed by atoms with Gasteiger partial charge in [0, 0.05) is 13.8 Å². The Bertz CT molecular complexity index is 395. The fraction of sp³-hybridized carbons (Fsp3) is 0.692. The zero-order valence-corrected chi connectivity index (χ0v) is 13.3. The molecule has 0 unspecified atom stereocenters. The molecule has 0 rings (SSSR count). The Hall–Kier alpha value is -2.00. The summed E-state index contributed by atoms with van der Waals surface area (Å²) in [7, 11) is 3.67. The van der Waals surface area contributed by atoms with Crippen LogP contribution >= 0.6 is 0 Å². The lowest BCUT2D eigenvalue weighted by molar-refractivity contribution is -0.200. The lowest BCUT2D eigenvalue weighted by atomic mass is 10.3. The summed E-state index contributed by atoms with van der Waals surface area (Å²) in [5.74, 6) is -2.91. The number of esters is 1. The minimum absolute atomic E-state index is 0.0781. The standard InChI is InChI=1S/C13H22N2O7/c1-10(16)15(11(2)17)22-13(19)6-5-12(18)21-8-7-20-9-14(3)4/h5-9H2,1-4H3. The topological polar surface area (TPSA) is 102 Å². The average Bonchev–Trinajstić information content (AvgIpc) is 2.41. The third-order valence-electron chi connectivity index (χ3n) is 2.14. The molecule has 9 heteroatoms. The average molecular weight is 318 g/mol. The fourth-order valence-electron chi connectivity index (χ4n) is 1.24. The van der Waals surface area contributed by atoms with E-state index < -0.39 is 23.8 Å². The van der Waals surface area contributed by atoms with E-state index in [1.54, 1.807) is 0 Å². The van der Waals surface area contributed by atoms with E-state index in [-0.39, 0.29) is 26.1 Å². The van der Waals surface area contributed by atoms with E-state index in [9.17, 15) is 19.2 Å². The van der Waals surface area contributed by atoms with Gasteiger partial charge in [-0.3, -0.25) is 19.3 Å². The van der Waals surface area contributed by atoms with Crippen LogP contribution in [0.1, 0.15) is 26.7 Å². The summed E-state index contributed by atoms with van der Waals surface area (Å²) < 4.78 is 9.99. The van der Waals surface area contributed by atoms with Crippen LogP contribution in [0.4, 0.5) is 0 Å². The van der Waals surface area contributed by atoms with Crippen molar-refractivity contribution < 1.29 is 33.5 Å². The molecule has 0 radical (unpaired) electrons. The highest BCUT2D eigenvalue weighted by atomic mass is 16.7. The summed E-state index contributed by atoms with van der Waals surface area (Å²) in [4.78, 5) is 51.2. The first-order valence-electron chi connectivity index (χ1n) is 6.64. The lowest BCUT2D eigenvalue weighted by Gasteiger charge is -2.15. The molecule has 126 valence electrons. The van der Waals surface area contributed by atoms with Crippen molar-refractivity contribution in [2.24, 2.45) is 0 Å². The number of hydroxylamine groups is 2. The van der Waals surface area contributed by atoms with Gasteiger partial charge in [0.25, 0.3) is 11.8 Å². The highest BCUT2D eigenvalue weighted by molar-refractivity contribution is 5.93. The number of carbonyl (C=O) groups excluding carboxylic acids is 4. The quantitative estimate of drug-likeness (QED) is 0.260. The van der Waals surface area contributed by atoms with Crippen LogP contribution in [0.5, 0.6) is 0 Å². The number of nitrogens with zero attached hydrogens (tertiary/aromatic N) is 2. The van der Waals surface area contributed by atoms with Gasteiger partial charge >= 0.3 is 11.9 Å². The van der Waals surface area contributed by atoms with Crippen LogP contribution < -0.4 is 0 Å². The number of hydrogen-bond acceptors (Lipinski definition) is 8. The Labute approximate surface area is 129 Å². The molecule has 9 nitrogen and oxygen atoms in total. The zero-order chi connectivity index (χ0) is 17.1. The zero-order valence-electron chi connectivity index (χ0n) is 13.3. The van der Waals surface area contributed by atoms with Crippen molar-refractivity contribution in [3.63, 3.8) is 0 Å². The highest BCUT2D eigenvalue weighted by Crippen LogP contribution is 2.00. The number of hydrogen-bond donors (Lipinski definition) is 0. The molecule has 0 aliphatic heterocycles. The van der Waals surface area contributed by atoms with Gasteiger partial charge in [0.1, 0.15) is 6.61 Å². The van der Waals surface area contributed by atoms with Gasteiger partial charge in [-0.2, -0.15) is 0 Å². The Kier molecular flexibility index (Phi) is 9.72. The predicted octanol–water partition coefficient (Wildman–Crippen LogP) is -0.301. The van der Waals surface area contributed by atoms with E-state index in [0.717, 1.165) is 13.8 Å². The molecule has 0 aromatic carbocycles. The summed E-state index contributed by atoms with van der Waals surface area (Å²) >= 11 is 0. The second kappa shape index (κ2) is 10.7. The van der Waals surface area contributed by atoms with Gasteiger partial charge in [0.05, 0.1) is 26.2 Å². The fourth-order valence-corrected chi connectivity index (χ4v) is 1.24. The molecule has 0 bridgehead atoms. The number of rotatable bonds is 8. The van der Waals surface area contributed by atoms with Crippen LogP contribution in [-0.4, -0.2) is 67.8 Å². The van der Waals surface area contributed by atoms with Gasteiger partial charge in [-0.1, -0.05) is 0 Å². The van der Waals surface area contributed by atoms with E-state index in [0.29, 0.717) is 11.8 Å². The normalized spacial score (nSPS) is 10.2. The molecule has 0 heterocycles. The van der Waals surface area contributed by atoms with Crippen molar-refractivity contribution in [3.05, 3.63) is 0 Å². The molecule has 0 aromatic rings. The van der Waals surface area contributed by atoms with Crippen molar-refractivity contribution in [3.8, 4) is 0 Å². The van der Waals surface area contributed by atoms with Gasteiger partial charge in [-0.25, -0.2) is 4.79 Å². The molecule has 0 spiro atoms. The maximum absolute atomic E-state index is 11.4. The second-order valence-electron chi connectivity index (χ2n) is 4.63. The molecule has 0 saturated carbocycles. The van der Waals surface area contributed by atoms with E-state index in [2.05, 4.69) is 4.84 Å². The first-order valence-corrected chi connectivity index (χ1v) is 6.64. The van der Waals surface area contributed by atoms with Crippen LogP contribution in [0.15, 0.2) is 0 Å². The Morgan fingerprint density at radius 1 is 0.864 bits per heavy atom. The maximum Gasteiger partial charge on any atom is 0.333 e. The number of amides is 2. The summed E-state index contributed by atoms with van der Waals surface area (Å²) in [6.07, 6.45) is -0.509. The van der Waals surface area contributed by atoms with Gasteiger partial charge in [0.2, 0.25) is 0 Å². The molecule has 0 aliphatic rings. The number of ether oxygens (including phenoxy) is 2. The highest BCUT2D eigenvalue weighted by Gasteiger charge is 2.20.